The number of hydrogen-bond donors (Lipinski definition) is 2. The van der Waals surface area contributed by atoms with E-state index in [2.05, 4.69) is 5.32 Å². The molecule has 0 saturated carbocycles. The number of ether oxygens (including phenoxy) is 1. The van der Waals surface area contributed by atoms with Crippen molar-refractivity contribution < 1.29 is 17.9 Å². The summed E-state index contributed by atoms with van der Waals surface area (Å²) >= 11 is 0. The molecule has 0 bridgehead atoms. The van der Waals surface area contributed by atoms with Crippen LogP contribution in [0.1, 0.15) is 12.0 Å². The largest absolute Gasteiger partial charge is 0.492 e. The molecule has 1 amide bonds. The fraction of sp³-hybridized carbons (Fsp3) is 0.462. The normalized spacial score (nSPS) is 17.9. The zero-order valence-corrected chi connectivity index (χ0v) is 11.9. The molecule has 0 saturated heterocycles. The van der Waals surface area contributed by atoms with Gasteiger partial charge in [0.1, 0.15) is 12.4 Å². The van der Waals surface area contributed by atoms with E-state index in [-0.39, 0.29) is 17.6 Å². The molecule has 1 heterocycles. The summed E-state index contributed by atoms with van der Waals surface area (Å²) in [5.74, 6) is 0.344. The number of amides is 1. The molecule has 2 rings (SSSR count). The van der Waals surface area contributed by atoms with Crippen molar-refractivity contribution in [3.05, 3.63) is 29.8 Å². The van der Waals surface area contributed by atoms with Gasteiger partial charge < -0.3 is 10.1 Å². The van der Waals surface area contributed by atoms with Crippen molar-refractivity contribution in [2.75, 3.05) is 18.9 Å². The monoisotopic (exact) mass is 298 g/mol. The van der Waals surface area contributed by atoms with Gasteiger partial charge in [-0.15, -0.1) is 0 Å². The predicted molar refractivity (Wildman–Crippen MR) is 74.7 cm³/mol. The first kappa shape index (κ1) is 14.8. The number of para-hydroxylation sites is 1. The first-order chi connectivity index (χ1) is 9.46. The second-order valence-corrected chi connectivity index (χ2v) is 6.57. The number of hydrogen-bond acceptors (Lipinski definition) is 4. The molecule has 0 radical (unpaired) electrons. The van der Waals surface area contributed by atoms with E-state index in [9.17, 15) is 13.2 Å². The number of fused-ring (bicyclic) bond motifs is 1. The molecule has 0 aliphatic carbocycles. The lowest BCUT2D eigenvalue weighted by atomic mass is 9.96. The van der Waals surface area contributed by atoms with Crippen LogP contribution in [0.4, 0.5) is 0 Å². The third-order valence-electron chi connectivity index (χ3n) is 3.15. The van der Waals surface area contributed by atoms with Gasteiger partial charge in [-0.25, -0.2) is 13.6 Å². The van der Waals surface area contributed by atoms with Crippen LogP contribution in [0.3, 0.4) is 0 Å². The van der Waals surface area contributed by atoms with Crippen LogP contribution < -0.4 is 15.2 Å². The highest BCUT2D eigenvalue weighted by Gasteiger charge is 2.25. The van der Waals surface area contributed by atoms with Gasteiger partial charge in [-0.2, -0.15) is 0 Å². The molecular weight excluding hydrogens is 280 g/mol. The minimum absolute atomic E-state index is 0.117. The lowest BCUT2D eigenvalue weighted by Gasteiger charge is -2.24. The first-order valence-electron chi connectivity index (χ1n) is 6.44. The van der Waals surface area contributed by atoms with Crippen molar-refractivity contribution in [3.8, 4) is 5.75 Å². The van der Waals surface area contributed by atoms with Crippen molar-refractivity contribution in [3.63, 3.8) is 0 Å². The van der Waals surface area contributed by atoms with Gasteiger partial charge in [-0.3, -0.25) is 4.79 Å². The van der Waals surface area contributed by atoms with Crippen molar-refractivity contribution in [1.82, 2.24) is 5.32 Å². The Morgan fingerprint density at radius 3 is 2.90 bits per heavy atom. The Labute approximate surface area is 118 Å². The molecule has 20 heavy (non-hydrogen) atoms. The molecule has 1 aliphatic heterocycles. The van der Waals surface area contributed by atoms with Gasteiger partial charge in [-0.05, 0) is 24.5 Å². The highest BCUT2D eigenvalue weighted by Crippen LogP contribution is 2.26. The lowest BCUT2D eigenvalue weighted by Crippen LogP contribution is -2.38. The molecule has 3 N–H and O–H groups in total. The number of primary sulfonamides is 1. The maximum atomic E-state index is 12.0. The van der Waals surface area contributed by atoms with Crippen molar-refractivity contribution in [1.29, 1.82) is 0 Å². The average Bonchev–Trinajstić information content (AvgIpc) is 2.42. The Kier molecular flexibility index (Phi) is 4.61. The highest BCUT2D eigenvalue weighted by atomic mass is 32.2. The van der Waals surface area contributed by atoms with Gasteiger partial charge in [0.15, 0.2) is 0 Å². The fourth-order valence-corrected chi connectivity index (χ4v) is 2.67. The van der Waals surface area contributed by atoms with Crippen molar-refractivity contribution in [2.24, 2.45) is 11.1 Å². The zero-order valence-electron chi connectivity index (χ0n) is 11.0. The van der Waals surface area contributed by atoms with E-state index < -0.39 is 10.0 Å². The van der Waals surface area contributed by atoms with Crippen LogP contribution in [0.5, 0.6) is 5.75 Å². The van der Waals surface area contributed by atoms with Gasteiger partial charge >= 0.3 is 0 Å². The molecule has 7 heteroatoms. The molecule has 1 aromatic rings. The lowest BCUT2D eigenvalue weighted by molar-refractivity contribution is -0.126. The molecule has 1 unspecified atom stereocenters. The number of carbonyl (C=O) groups is 1. The third kappa shape index (κ3) is 4.21. The van der Waals surface area contributed by atoms with E-state index in [0.29, 0.717) is 26.0 Å². The summed E-state index contributed by atoms with van der Waals surface area (Å²) in [7, 11) is -3.46. The summed E-state index contributed by atoms with van der Waals surface area (Å²) in [5, 5.41) is 7.60. The smallest absolute Gasteiger partial charge is 0.226 e. The van der Waals surface area contributed by atoms with Gasteiger partial charge in [0, 0.05) is 6.54 Å². The van der Waals surface area contributed by atoms with Crippen molar-refractivity contribution in [2.45, 2.75) is 12.8 Å². The van der Waals surface area contributed by atoms with Crippen LogP contribution in [0, 0.1) is 5.92 Å². The minimum atomic E-state index is -3.46. The Bertz CT molecular complexity index is 586. The SMILES string of the molecule is NS(=O)(=O)CCCNC(=O)C1COc2ccccc2C1. The minimum Gasteiger partial charge on any atom is -0.492 e. The van der Waals surface area contributed by atoms with E-state index in [1.54, 1.807) is 0 Å². The highest BCUT2D eigenvalue weighted by molar-refractivity contribution is 7.89. The second-order valence-electron chi connectivity index (χ2n) is 4.83. The predicted octanol–water partition coefficient (Wildman–Crippen LogP) is 0.0325. The molecule has 1 aromatic carbocycles. The topological polar surface area (TPSA) is 98.5 Å². The number of nitrogens with two attached hydrogens (primary N) is 1. The molecule has 1 atom stereocenters. The van der Waals surface area contributed by atoms with Crippen LogP contribution in [0.2, 0.25) is 0 Å². The molecule has 1 aliphatic rings. The molecule has 0 fully saturated rings. The quantitative estimate of drug-likeness (QED) is 0.749. The summed E-state index contributed by atoms with van der Waals surface area (Å²) in [6.45, 7) is 0.644. The van der Waals surface area contributed by atoms with Crippen LogP contribution >= 0.6 is 0 Å². The Morgan fingerprint density at radius 1 is 1.40 bits per heavy atom. The third-order valence-corrected chi connectivity index (χ3v) is 4.01. The van der Waals surface area contributed by atoms with Crippen LogP contribution in [0.25, 0.3) is 0 Å². The second kappa shape index (κ2) is 6.23. The van der Waals surface area contributed by atoms with E-state index in [4.69, 9.17) is 9.88 Å². The zero-order chi connectivity index (χ0) is 14.6. The maximum Gasteiger partial charge on any atom is 0.226 e. The molecule has 110 valence electrons. The number of carbonyl (C=O) groups excluding carboxylic acids is 1. The van der Waals surface area contributed by atoms with Gasteiger partial charge in [-0.1, -0.05) is 18.2 Å². The van der Waals surface area contributed by atoms with Crippen LogP contribution in [-0.2, 0) is 21.2 Å². The number of nitrogens with one attached hydrogen (secondary N) is 1. The van der Waals surface area contributed by atoms with E-state index in [1.807, 2.05) is 24.3 Å². The Balaban J connectivity index is 1.80. The van der Waals surface area contributed by atoms with Crippen LogP contribution in [0.15, 0.2) is 24.3 Å². The number of sulfonamides is 1. The van der Waals surface area contributed by atoms with E-state index >= 15 is 0 Å². The van der Waals surface area contributed by atoms with Crippen molar-refractivity contribution >= 4 is 15.9 Å². The fourth-order valence-electron chi connectivity index (χ4n) is 2.13. The summed E-state index contributed by atoms with van der Waals surface area (Å²) < 4.78 is 27.1. The van der Waals surface area contributed by atoms with Gasteiger partial charge in [0.25, 0.3) is 0 Å². The summed E-state index contributed by atoms with van der Waals surface area (Å²) in [6.07, 6.45) is 0.950. The first-order valence-corrected chi connectivity index (χ1v) is 8.16. The van der Waals surface area contributed by atoms with Gasteiger partial charge in [0.2, 0.25) is 15.9 Å². The summed E-state index contributed by atoms with van der Waals surface area (Å²) in [6, 6.07) is 7.63. The standard InChI is InChI=1S/C13H18N2O4S/c14-20(17,18)7-3-6-15-13(16)11-8-10-4-1-2-5-12(10)19-9-11/h1-2,4-5,11H,3,6-9H2,(H,15,16)(H2,14,17,18). The summed E-state index contributed by atoms with van der Waals surface area (Å²) in [5.41, 5.74) is 1.02. The maximum absolute atomic E-state index is 12.0. The number of rotatable bonds is 5. The van der Waals surface area contributed by atoms with Gasteiger partial charge in [0.05, 0.1) is 11.7 Å². The molecular formula is C13H18N2O4S. The Morgan fingerprint density at radius 2 is 2.15 bits per heavy atom. The summed E-state index contributed by atoms with van der Waals surface area (Å²) in [4.78, 5) is 12.0. The molecule has 0 spiro atoms. The van der Waals surface area contributed by atoms with E-state index in [1.165, 1.54) is 0 Å². The number of benzene rings is 1. The van der Waals surface area contributed by atoms with Crippen LogP contribution in [-0.4, -0.2) is 33.2 Å². The Hall–Kier alpha value is -1.60. The molecule has 0 aromatic heterocycles. The van der Waals surface area contributed by atoms with E-state index in [0.717, 1.165) is 11.3 Å². The average molecular weight is 298 g/mol. The molecule has 6 nitrogen and oxygen atoms in total.